The molecule has 18 heavy (non-hydrogen) atoms. The molecule has 3 N–H and O–H groups in total. The molecule has 1 unspecified atom stereocenters. The summed E-state index contributed by atoms with van der Waals surface area (Å²) >= 11 is 0. The Balaban J connectivity index is 2.60. The highest BCUT2D eigenvalue weighted by Crippen LogP contribution is 2.25. The van der Waals surface area contributed by atoms with Crippen LogP contribution in [0.2, 0.25) is 0 Å². The molecule has 0 saturated heterocycles. The van der Waals surface area contributed by atoms with Crippen molar-refractivity contribution in [2.75, 3.05) is 13.6 Å². The smallest absolute Gasteiger partial charge is 0.227 e. The van der Waals surface area contributed by atoms with E-state index in [4.69, 9.17) is 5.73 Å². The summed E-state index contributed by atoms with van der Waals surface area (Å²) in [6.07, 6.45) is 4.23. The Morgan fingerprint density at radius 3 is 2.67 bits per heavy atom. The third-order valence-electron chi connectivity index (χ3n) is 2.81. The molecule has 1 rings (SSSR count). The lowest BCUT2D eigenvalue weighted by Gasteiger charge is -2.27. The van der Waals surface area contributed by atoms with Crippen LogP contribution in [-0.2, 0) is 11.3 Å². The van der Waals surface area contributed by atoms with E-state index in [2.05, 4.69) is 30.7 Å². The van der Waals surface area contributed by atoms with Gasteiger partial charge in [0.05, 0.1) is 12.5 Å². The molecule has 0 spiro atoms. The average molecular weight is 252 g/mol. The summed E-state index contributed by atoms with van der Waals surface area (Å²) in [5.41, 5.74) is 5.82. The molecule has 1 aromatic rings. The van der Waals surface area contributed by atoms with Crippen molar-refractivity contribution in [3.05, 3.63) is 18.2 Å². The van der Waals surface area contributed by atoms with E-state index in [1.54, 1.807) is 24.3 Å². The first-order valence-corrected chi connectivity index (χ1v) is 6.27. The van der Waals surface area contributed by atoms with Gasteiger partial charge < -0.3 is 15.6 Å². The molecule has 102 valence electrons. The number of amides is 1. The lowest BCUT2D eigenvalue weighted by molar-refractivity contribution is -0.135. The Bertz CT molecular complexity index is 367. The van der Waals surface area contributed by atoms with Gasteiger partial charge in [0.1, 0.15) is 5.82 Å². The van der Waals surface area contributed by atoms with Crippen molar-refractivity contribution in [3.8, 4) is 0 Å². The SMILES string of the molecule is CN(Cc1ncc[nH]1)C(=O)C(CN)CC(C)(C)C. The Kier molecular flexibility index (Phi) is 4.90. The third-order valence-corrected chi connectivity index (χ3v) is 2.81. The molecule has 0 fully saturated rings. The summed E-state index contributed by atoms with van der Waals surface area (Å²) in [4.78, 5) is 21.1. The van der Waals surface area contributed by atoms with Gasteiger partial charge in [-0.3, -0.25) is 4.79 Å². The zero-order valence-electron chi connectivity index (χ0n) is 11.7. The van der Waals surface area contributed by atoms with Gasteiger partial charge in [0.15, 0.2) is 0 Å². The van der Waals surface area contributed by atoms with Crippen LogP contribution < -0.4 is 5.73 Å². The minimum atomic E-state index is -0.120. The van der Waals surface area contributed by atoms with Crippen molar-refractivity contribution >= 4 is 5.91 Å². The fourth-order valence-corrected chi connectivity index (χ4v) is 2.01. The number of H-pyrrole nitrogens is 1. The van der Waals surface area contributed by atoms with Crippen LogP contribution in [0.15, 0.2) is 12.4 Å². The van der Waals surface area contributed by atoms with Crippen molar-refractivity contribution < 1.29 is 4.79 Å². The van der Waals surface area contributed by atoms with Crippen LogP contribution >= 0.6 is 0 Å². The number of hydrogen-bond acceptors (Lipinski definition) is 3. The molecule has 0 saturated carbocycles. The summed E-state index contributed by atoms with van der Waals surface area (Å²) in [6, 6.07) is 0. The molecule has 1 atom stereocenters. The van der Waals surface area contributed by atoms with Gasteiger partial charge in [0, 0.05) is 26.0 Å². The molecule has 5 nitrogen and oxygen atoms in total. The maximum Gasteiger partial charge on any atom is 0.227 e. The fourth-order valence-electron chi connectivity index (χ4n) is 2.01. The van der Waals surface area contributed by atoms with Crippen LogP contribution in [-0.4, -0.2) is 34.4 Å². The van der Waals surface area contributed by atoms with Crippen molar-refractivity contribution in [2.45, 2.75) is 33.7 Å². The summed E-state index contributed by atoms with van der Waals surface area (Å²) in [5.74, 6) is 0.756. The first-order valence-electron chi connectivity index (χ1n) is 6.27. The van der Waals surface area contributed by atoms with Gasteiger partial charge in [-0.2, -0.15) is 0 Å². The monoisotopic (exact) mass is 252 g/mol. The second-order valence-electron chi connectivity index (χ2n) is 5.93. The minimum Gasteiger partial charge on any atom is -0.347 e. The molecule has 0 bridgehead atoms. The van der Waals surface area contributed by atoms with E-state index in [1.165, 1.54) is 0 Å². The first kappa shape index (κ1) is 14.7. The topological polar surface area (TPSA) is 75.0 Å². The van der Waals surface area contributed by atoms with Gasteiger partial charge in [-0.25, -0.2) is 4.98 Å². The number of rotatable bonds is 5. The molecule has 0 aliphatic rings. The van der Waals surface area contributed by atoms with Gasteiger partial charge in [-0.1, -0.05) is 20.8 Å². The highest BCUT2D eigenvalue weighted by Gasteiger charge is 2.26. The second-order valence-corrected chi connectivity index (χ2v) is 5.93. The number of nitrogens with one attached hydrogen (secondary N) is 1. The summed E-state index contributed by atoms with van der Waals surface area (Å²) in [5, 5.41) is 0. The van der Waals surface area contributed by atoms with Crippen molar-refractivity contribution in [1.29, 1.82) is 0 Å². The van der Waals surface area contributed by atoms with Crippen LogP contribution in [0.1, 0.15) is 33.0 Å². The van der Waals surface area contributed by atoms with Crippen LogP contribution in [0.5, 0.6) is 0 Å². The van der Waals surface area contributed by atoms with Gasteiger partial charge in [-0.05, 0) is 11.8 Å². The van der Waals surface area contributed by atoms with E-state index in [0.29, 0.717) is 13.1 Å². The van der Waals surface area contributed by atoms with E-state index < -0.39 is 0 Å². The Morgan fingerprint density at radius 1 is 1.56 bits per heavy atom. The molecule has 0 aromatic carbocycles. The zero-order valence-corrected chi connectivity index (χ0v) is 11.7. The van der Waals surface area contributed by atoms with E-state index in [9.17, 15) is 4.79 Å². The van der Waals surface area contributed by atoms with Crippen LogP contribution in [0.25, 0.3) is 0 Å². The minimum absolute atomic E-state index is 0.0869. The fraction of sp³-hybridized carbons (Fsp3) is 0.692. The van der Waals surface area contributed by atoms with Crippen LogP contribution in [0.4, 0.5) is 0 Å². The lowest BCUT2D eigenvalue weighted by atomic mass is 9.84. The van der Waals surface area contributed by atoms with Crippen molar-refractivity contribution in [1.82, 2.24) is 14.9 Å². The standard InChI is InChI=1S/C13H24N4O/c1-13(2,3)7-10(8-14)12(18)17(4)9-11-15-5-6-16-11/h5-6,10H,7-9,14H2,1-4H3,(H,15,16). The van der Waals surface area contributed by atoms with Crippen LogP contribution in [0, 0.1) is 11.3 Å². The zero-order chi connectivity index (χ0) is 13.8. The number of hydrogen-bond donors (Lipinski definition) is 2. The maximum absolute atomic E-state index is 12.3. The number of carbonyl (C=O) groups is 1. The van der Waals surface area contributed by atoms with E-state index in [1.807, 2.05) is 0 Å². The number of aromatic nitrogens is 2. The van der Waals surface area contributed by atoms with E-state index in [0.717, 1.165) is 12.2 Å². The highest BCUT2D eigenvalue weighted by molar-refractivity contribution is 5.78. The van der Waals surface area contributed by atoms with E-state index >= 15 is 0 Å². The normalized spacial score (nSPS) is 13.4. The predicted octanol–water partition coefficient (Wildman–Crippen LogP) is 1.38. The van der Waals surface area contributed by atoms with Gasteiger partial charge in [-0.15, -0.1) is 0 Å². The number of nitrogens with zero attached hydrogens (tertiary/aromatic N) is 2. The number of carbonyl (C=O) groups excluding carboxylic acids is 1. The lowest BCUT2D eigenvalue weighted by Crippen LogP contribution is -2.38. The largest absolute Gasteiger partial charge is 0.347 e. The second kappa shape index (κ2) is 6.00. The average Bonchev–Trinajstić information content (AvgIpc) is 2.76. The first-order chi connectivity index (χ1) is 8.33. The van der Waals surface area contributed by atoms with Crippen molar-refractivity contribution in [2.24, 2.45) is 17.1 Å². The number of aromatic amines is 1. The molecule has 0 aliphatic heterocycles. The molecular formula is C13H24N4O. The summed E-state index contributed by atoms with van der Waals surface area (Å²) in [6.45, 7) is 7.24. The molecular weight excluding hydrogens is 228 g/mol. The molecule has 0 radical (unpaired) electrons. The Labute approximate surface area is 109 Å². The number of imidazole rings is 1. The van der Waals surface area contributed by atoms with Gasteiger partial charge in [0.2, 0.25) is 5.91 Å². The maximum atomic E-state index is 12.3. The van der Waals surface area contributed by atoms with Gasteiger partial charge in [0.25, 0.3) is 0 Å². The quantitative estimate of drug-likeness (QED) is 0.831. The molecule has 0 aliphatic carbocycles. The summed E-state index contributed by atoms with van der Waals surface area (Å²) < 4.78 is 0. The summed E-state index contributed by atoms with van der Waals surface area (Å²) in [7, 11) is 1.79. The molecule has 1 heterocycles. The Hall–Kier alpha value is -1.36. The molecule has 5 heteroatoms. The molecule has 1 aromatic heterocycles. The van der Waals surface area contributed by atoms with E-state index in [-0.39, 0.29) is 17.2 Å². The number of nitrogens with two attached hydrogens (primary N) is 1. The van der Waals surface area contributed by atoms with Gasteiger partial charge >= 0.3 is 0 Å². The van der Waals surface area contributed by atoms with Crippen molar-refractivity contribution in [3.63, 3.8) is 0 Å². The highest BCUT2D eigenvalue weighted by atomic mass is 16.2. The molecule has 1 amide bonds. The Morgan fingerprint density at radius 2 is 2.22 bits per heavy atom. The van der Waals surface area contributed by atoms with Crippen LogP contribution in [0.3, 0.4) is 0 Å². The predicted molar refractivity (Wildman–Crippen MR) is 71.7 cm³/mol. The third kappa shape index (κ3) is 4.49.